The zero-order chi connectivity index (χ0) is 19.6. The summed E-state index contributed by atoms with van der Waals surface area (Å²) in [5.74, 6) is -0.00388. The Morgan fingerprint density at radius 1 is 1.07 bits per heavy atom. The predicted molar refractivity (Wildman–Crippen MR) is 101 cm³/mol. The summed E-state index contributed by atoms with van der Waals surface area (Å²) in [5, 5.41) is 8.42. The summed E-state index contributed by atoms with van der Waals surface area (Å²) in [6, 6.07) is 7.36. The maximum absolute atomic E-state index is 12.3. The van der Waals surface area contributed by atoms with Crippen LogP contribution in [-0.4, -0.2) is 68.5 Å². The first-order valence-electron chi connectivity index (χ1n) is 9.20. The van der Waals surface area contributed by atoms with Crippen LogP contribution in [0.4, 0.5) is 0 Å². The largest absolute Gasteiger partial charge is 0.492 e. The normalized spacial score (nSPS) is 21.2. The Morgan fingerprint density at radius 2 is 1.85 bits per heavy atom. The summed E-state index contributed by atoms with van der Waals surface area (Å²) >= 11 is 0. The molecule has 8 heteroatoms. The van der Waals surface area contributed by atoms with Crippen LogP contribution >= 0.6 is 0 Å². The van der Waals surface area contributed by atoms with Crippen molar-refractivity contribution in [2.45, 2.75) is 25.8 Å². The van der Waals surface area contributed by atoms with Crippen molar-refractivity contribution in [3.63, 3.8) is 0 Å². The fraction of sp³-hybridized carbons (Fsp3) is 0.526. The summed E-state index contributed by atoms with van der Waals surface area (Å²) in [6.45, 7) is 3.00. The molecule has 1 unspecified atom stereocenters. The van der Waals surface area contributed by atoms with Gasteiger partial charge in [-0.1, -0.05) is 18.2 Å². The molecule has 0 spiro atoms. The molecule has 0 radical (unpaired) electrons. The van der Waals surface area contributed by atoms with Crippen LogP contribution in [0.1, 0.15) is 18.9 Å². The Hall–Kier alpha value is -2.61. The topological polar surface area (TPSA) is 99.8 Å². The Bertz CT molecular complexity index is 665. The molecular formula is C19H28N4O4. The van der Waals surface area contributed by atoms with E-state index in [2.05, 4.69) is 16.0 Å². The second-order valence-corrected chi connectivity index (χ2v) is 6.56. The van der Waals surface area contributed by atoms with E-state index in [1.807, 2.05) is 24.3 Å². The van der Waals surface area contributed by atoms with Crippen LogP contribution in [0.25, 0.3) is 0 Å². The smallest absolute Gasteiger partial charge is 0.240 e. The highest BCUT2D eigenvalue weighted by Crippen LogP contribution is 2.19. The van der Waals surface area contributed by atoms with Gasteiger partial charge >= 0.3 is 0 Å². The third-order valence-electron chi connectivity index (χ3n) is 4.30. The van der Waals surface area contributed by atoms with Gasteiger partial charge in [-0.25, -0.2) is 0 Å². The molecule has 1 aromatic carbocycles. The Morgan fingerprint density at radius 3 is 2.67 bits per heavy atom. The molecular weight excluding hydrogens is 348 g/mol. The molecule has 1 atom stereocenters. The maximum Gasteiger partial charge on any atom is 0.240 e. The van der Waals surface area contributed by atoms with E-state index in [4.69, 9.17) is 4.74 Å². The molecule has 0 bridgehead atoms. The molecule has 1 aromatic rings. The van der Waals surface area contributed by atoms with Gasteiger partial charge < -0.3 is 25.6 Å². The number of ether oxygens (including phenoxy) is 1. The Labute approximate surface area is 159 Å². The van der Waals surface area contributed by atoms with Gasteiger partial charge in [0.25, 0.3) is 0 Å². The predicted octanol–water partition coefficient (Wildman–Crippen LogP) is -0.319. The van der Waals surface area contributed by atoms with Crippen LogP contribution < -0.4 is 20.7 Å². The van der Waals surface area contributed by atoms with Gasteiger partial charge in [0.2, 0.25) is 17.7 Å². The summed E-state index contributed by atoms with van der Waals surface area (Å²) in [4.78, 5) is 37.4. The number of carbonyl (C=O) groups is 3. The van der Waals surface area contributed by atoms with E-state index in [-0.39, 0.29) is 30.8 Å². The van der Waals surface area contributed by atoms with Crippen LogP contribution in [0.3, 0.4) is 0 Å². The highest BCUT2D eigenvalue weighted by molar-refractivity contribution is 5.89. The molecule has 3 N–H and O–H groups in total. The van der Waals surface area contributed by atoms with Gasteiger partial charge in [0.05, 0.1) is 19.1 Å². The van der Waals surface area contributed by atoms with Crippen molar-refractivity contribution >= 4 is 17.7 Å². The van der Waals surface area contributed by atoms with Crippen molar-refractivity contribution in [3.05, 3.63) is 29.8 Å². The highest BCUT2D eigenvalue weighted by Gasteiger charge is 2.19. The fourth-order valence-corrected chi connectivity index (χ4v) is 2.80. The maximum atomic E-state index is 12.3. The molecule has 2 rings (SSSR count). The number of para-hydroxylation sites is 1. The average molecular weight is 376 g/mol. The SMILES string of the molecule is CC1NCCOc2ccccc2CCCNC(=O)CNC(=O)CN(C)C1=O. The first-order valence-corrected chi connectivity index (χ1v) is 9.20. The molecule has 0 fully saturated rings. The molecule has 27 heavy (non-hydrogen) atoms. The van der Waals surface area contributed by atoms with E-state index in [0.717, 1.165) is 24.2 Å². The minimum atomic E-state index is -0.441. The number of aryl methyl sites for hydroxylation is 1. The van der Waals surface area contributed by atoms with E-state index in [1.165, 1.54) is 4.90 Å². The second-order valence-electron chi connectivity index (χ2n) is 6.56. The molecule has 1 aliphatic heterocycles. The quantitative estimate of drug-likeness (QED) is 0.576. The number of hydrogen-bond acceptors (Lipinski definition) is 5. The van der Waals surface area contributed by atoms with Crippen molar-refractivity contribution in [2.75, 3.05) is 39.8 Å². The molecule has 1 heterocycles. The summed E-state index contributed by atoms with van der Waals surface area (Å²) in [5.41, 5.74) is 1.07. The lowest BCUT2D eigenvalue weighted by Gasteiger charge is -2.22. The molecule has 1 aliphatic rings. The molecule has 148 valence electrons. The van der Waals surface area contributed by atoms with Gasteiger partial charge in [-0.15, -0.1) is 0 Å². The number of fused-ring (bicyclic) bond motifs is 1. The lowest BCUT2D eigenvalue weighted by atomic mass is 10.1. The number of nitrogens with one attached hydrogen (secondary N) is 3. The molecule has 0 saturated heterocycles. The van der Waals surface area contributed by atoms with Crippen molar-refractivity contribution in [2.24, 2.45) is 0 Å². The Balaban J connectivity index is 2.02. The zero-order valence-electron chi connectivity index (χ0n) is 15.9. The van der Waals surface area contributed by atoms with Crippen molar-refractivity contribution in [3.8, 4) is 5.75 Å². The number of carbonyl (C=O) groups excluding carboxylic acids is 3. The van der Waals surface area contributed by atoms with Crippen molar-refractivity contribution < 1.29 is 19.1 Å². The number of nitrogens with zero attached hydrogens (tertiary/aromatic N) is 1. The van der Waals surface area contributed by atoms with Gasteiger partial charge in [0.15, 0.2) is 0 Å². The first kappa shape index (κ1) is 20.7. The number of rotatable bonds is 0. The third-order valence-corrected chi connectivity index (χ3v) is 4.30. The average Bonchev–Trinajstić information content (AvgIpc) is 2.66. The van der Waals surface area contributed by atoms with Gasteiger partial charge in [-0.3, -0.25) is 14.4 Å². The standard InChI is InChI=1S/C19H28N4O4/c1-14-19(26)23(2)13-18(25)22-12-17(24)21-9-5-7-15-6-3-4-8-16(15)27-11-10-20-14/h3-4,6,8,14,20H,5,7,9-13H2,1-2H3,(H,21,24)(H,22,25). The minimum Gasteiger partial charge on any atom is -0.492 e. The number of likely N-dealkylation sites (N-methyl/N-ethyl adjacent to an activating group) is 1. The van der Waals surface area contributed by atoms with Gasteiger partial charge in [-0.05, 0) is 31.4 Å². The van der Waals surface area contributed by atoms with E-state index < -0.39 is 6.04 Å². The number of hydrogen-bond donors (Lipinski definition) is 3. The summed E-state index contributed by atoms with van der Waals surface area (Å²) in [7, 11) is 1.56. The third kappa shape index (κ3) is 6.90. The molecule has 3 amide bonds. The van der Waals surface area contributed by atoms with Crippen LogP contribution in [0.5, 0.6) is 5.75 Å². The number of benzene rings is 1. The summed E-state index contributed by atoms with van der Waals surface area (Å²) in [6.07, 6.45) is 1.54. The van der Waals surface area contributed by atoms with E-state index in [9.17, 15) is 14.4 Å². The van der Waals surface area contributed by atoms with Crippen LogP contribution in [0.2, 0.25) is 0 Å². The molecule has 0 saturated carbocycles. The molecule has 0 aliphatic carbocycles. The Kier molecular flexibility index (Phi) is 8.06. The first-order chi connectivity index (χ1) is 13.0. The van der Waals surface area contributed by atoms with Crippen molar-refractivity contribution in [1.82, 2.24) is 20.9 Å². The summed E-state index contributed by atoms with van der Waals surface area (Å²) < 4.78 is 5.84. The van der Waals surface area contributed by atoms with Crippen molar-refractivity contribution in [1.29, 1.82) is 0 Å². The minimum absolute atomic E-state index is 0.0952. The number of amides is 3. The van der Waals surface area contributed by atoms with E-state index in [1.54, 1.807) is 14.0 Å². The second kappa shape index (κ2) is 10.5. The van der Waals surface area contributed by atoms with Gasteiger partial charge in [0.1, 0.15) is 12.4 Å². The van der Waals surface area contributed by atoms with Gasteiger partial charge in [-0.2, -0.15) is 0 Å². The fourth-order valence-electron chi connectivity index (χ4n) is 2.80. The van der Waals surface area contributed by atoms with E-state index >= 15 is 0 Å². The monoisotopic (exact) mass is 376 g/mol. The van der Waals surface area contributed by atoms with Crippen LogP contribution in [-0.2, 0) is 20.8 Å². The van der Waals surface area contributed by atoms with E-state index in [0.29, 0.717) is 19.7 Å². The van der Waals surface area contributed by atoms with Crippen LogP contribution in [0.15, 0.2) is 24.3 Å². The zero-order valence-corrected chi connectivity index (χ0v) is 15.9. The highest BCUT2D eigenvalue weighted by atomic mass is 16.5. The lowest BCUT2D eigenvalue weighted by Crippen LogP contribution is -2.48. The van der Waals surface area contributed by atoms with Gasteiger partial charge in [0, 0.05) is 20.1 Å². The lowest BCUT2D eigenvalue weighted by molar-refractivity contribution is -0.136. The van der Waals surface area contributed by atoms with Crippen LogP contribution in [0, 0.1) is 0 Å². The molecule has 8 nitrogen and oxygen atoms in total. The molecule has 0 aromatic heterocycles.